The van der Waals surface area contributed by atoms with Crippen molar-refractivity contribution >= 4 is 39.5 Å². The molecule has 48 heavy (non-hydrogen) atoms. The van der Waals surface area contributed by atoms with E-state index < -0.39 is 52.2 Å². The largest absolute Gasteiger partial charge is 0.480 e. The van der Waals surface area contributed by atoms with Gasteiger partial charge in [-0.05, 0) is 49.6 Å². The average Bonchev–Trinajstić information content (AvgIpc) is 3.63. The number of sulfonamides is 1. The summed E-state index contributed by atoms with van der Waals surface area (Å²) in [4.78, 5) is 50.0. The van der Waals surface area contributed by atoms with Crippen molar-refractivity contribution < 1.29 is 37.5 Å². The van der Waals surface area contributed by atoms with Crippen LogP contribution in [-0.2, 0) is 35.8 Å². The van der Waals surface area contributed by atoms with Crippen molar-refractivity contribution in [3.63, 3.8) is 0 Å². The van der Waals surface area contributed by atoms with Gasteiger partial charge in [-0.25, -0.2) is 18.2 Å². The van der Waals surface area contributed by atoms with E-state index in [1.165, 1.54) is 0 Å². The van der Waals surface area contributed by atoms with Gasteiger partial charge in [0.05, 0.1) is 17.5 Å². The SMILES string of the molecule is Cc1cc(C)c(S(=O)(=O)NC(CNC(=O)C2=NOC3(C2)CC(CNc2ccccn2)N(C(=O)OCc2ccccc2)C3)C(=O)O)c(C)c1. The van der Waals surface area contributed by atoms with E-state index in [2.05, 4.69) is 25.5 Å². The lowest BCUT2D eigenvalue weighted by Crippen LogP contribution is -2.49. The van der Waals surface area contributed by atoms with Gasteiger partial charge in [0.25, 0.3) is 5.91 Å². The zero-order valence-electron chi connectivity index (χ0n) is 26.8. The summed E-state index contributed by atoms with van der Waals surface area (Å²) in [6.07, 6.45) is 1.45. The van der Waals surface area contributed by atoms with E-state index in [-0.39, 0.29) is 30.2 Å². The summed E-state index contributed by atoms with van der Waals surface area (Å²) in [7, 11) is -4.23. The quantitative estimate of drug-likeness (QED) is 0.222. The molecule has 0 bridgehead atoms. The number of carboxylic acids is 1. The van der Waals surface area contributed by atoms with E-state index in [1.54, 1.807) is 49.2 Å². The first kappa shape index (κ1) is 34.3. The van der Waals surface area contributed by atoms with Crippen molar-refractivity contribution in [1.29, 1.82) is 0 Å². The van der Waals surface area contributed by atoms with Crippen LogP contribution in [0.25, 0.3) is 0 Å². The van der Waals surface area contributed by atoms with Crippen LogP contribution in [0.1, 0.15) is 35.1 Å². The Balaban J connectivity index is 1.22. The van der Waals surface area contributed by atoms with Crippen LogP contribution in [0.4, 0.5) is 10.6 Å². The second-order valence-electron chi connectivity index (χ2n) is 12.1. The Morgan fingerprint density at radius 3 is 2.46 bits per heavy atom. The number of carbonyl (C=O) groups excluding carboxylic acids is 2. The van der Waals surface area contributed by atoms with Gasteiger partial charge in [-0.1, -0.05) is 59.3 Å². The molecule has 1 spiro atoms. The second kappa shape index (κ2) is 14.4. The molecule has 1 saturated heterocycles. The van der Waals surface area contributed by atoms with Crippen molar-refractivity contribution in [2.75, 3.05) is 25.0 Å². The number of carboxylic acid groups (broad SMARTS) is 1. The third kappa shape index (κ3) is 8.09. The number of ether oxygens (including phenoxy) is 1. The monoisotopic (exact) mass is 678 g/mol. The number of carbonyl (C=O) groups is 3. The summed E-state index contributed by atoms with van der Waals surface area (Å²) in [6, 6.07) is 16.0. The topological polar surface area (TPSA) is 189 Å². The van der Waals surface area contributed by atoms with Crippen LogP contribution in [0, 0.1) is 20.8 Å². The summed E-state index contributed by atoms with van der Waals surface area (Å²) in [5.41, 5.74) is 1.60. The fourth-order valence-electron chi connectivity index (χ4n) is 6.08. The molecule has 0 saturated carbocycles. The number of aryl methyl sites for hydroxylation is 3. The number of aliphatic carboxylic acids is 1. The first-order chi connectivity index (χ1) is 22.9. The lowest BCUT2D eigenvalue weighted by Gasteiger charge is -2.24. The molecule has 2 aromatic carbocycles. The number of anilines is 1. The molecule has 0 radical (unpaired) electrons. The molecule has 1 aromatic heterocycles. The molecule has 3 unspecified atom stereocenters. The highest BCUT2D eigenvalue weighted by Crippen LogP contribution is 2.38. The molecule has 15 heteroatoms. The van der Waals surface area contributed by atoms with E-state index in [9.17, 15) is 27.9 Å². The number of likely N-dealkylation sites (tertiary alicyclic amines) is 1. The predicted octanol–water partition coefficient (Wildman–Crippen LogP) is 2.89. The third-order valence-corrected chi connectivity index (χ3v) is 9.94. The first-order valence-corrected chi connectivity index (χ1v) is 16.8. The Morgan fingerprint density at radius 2 is 1.79 bits per heavy atom. The van der Waals surface area contributed by atoms with E-state index in [0.717, 1.165) is 11.1 Å². The Hall–Kier alpha value is -5.02. The zero-order chi connectivity index (χ0) is 34.5. The van der Waals surface area contributed by atoms with Crippen molar-refractivity contribution in [1.82, 2.24) is 19.9 Å². The maximum absolute atomic E-state index is 13.3. The fraction of sp³-hybridized carbons (Fsp3) is 0.364. The molecule has 1 fully saturated rings. The molecule has 3 atom stereocenters. The molecule has 2 amide bonds. The number of amides is 2. The number of rotatable bonds is 12. The highest BCUT2D eigenvalue weighted by atomic mass is 32.2. The Bertz CT molecular complexity index is 1780. The molecular formula is C33H38N6O8S. The number of pyridine rings is 1. The fourth-order valence-corrected chi connectivity index (χ4v) is 7.72. The summed E-state index contributed by atoms with van der Waals surface area (Å²) < 4.78 is 34.2. The van der Waals surface area contributed by atoms with Crippen molar-refractivity contribution in [2.45, 2.75) is 62.8 Å². The number of oxime groups is 1. The molecule has 2 aliphatic rings. The van der Waals surface area contributed by atoms with Crippen molar-refractivity contribution in [2.24, 2.45) is 5.16 Å². The van der Waals surface area contributed by atoms with Crippen LogP contribution in [0.15, 0.2) is 76.9 Å². The van der Waals surface area contributed by atoms with Gasteiger partial charge in [-0.2, -0.15) is 4.72 Å². The van der Waals surface area contributed by atoms with E-state index in [1.807, 2.05) is 43.3 Å². The predicted molar refractivity (Wildman–Crippen MR) is 176 cm³/mol. The molecule has 14 nitrogen and oxygen atoms in total. The van der Waals surface area contributed by atoms with Gasteiger partial charge in [-0.15, -0.1) is 0 Å². The van der Waals surface area contributed by atoms with Gasteiger partial charge in [-0.3, -0.25) is 14.5 Å². The third-order valence-electron chi connectivity index (χ3n) is 8.17. The van der Waals surface area contributed by atoms with Crippen LogP contribution in [0.3, 0.4) is 0 Å². The van der Waals surface area contributed by atoms with Gasteiger partial charge < -0.3 is 25.3 Å². The Morgan fingerprint density at radius 1 is 1.08 bits per heavy atom. The zero-order valence-corrected chi connectivity index (χ0v) is 27.6. The number of nitrogens with zero attached hydrogens (tertiary/aromatic N) is 3. The van der Waals surface area contributed by atoms with Crippen LogP contribution in [-0.4, -0.2) is 84.4 Å². The Labute approximate surface area is 278 Å². The Kier molecular flexibility index (Phi) is 10.3. The number of hydrogen-bond donors (Lipinski definition) is 4. The lowest BCUT2D eigenvalue weighted by molar-refractivity contribution is -0.138. The number of hydrogen-bond acceptors (Lipinski definition) is 10. The minimum atomic E-state index is -4.23. The van der Waals surface area contributed by atoms with E-state index in [4.69, 9.17) is 9.57 Å². The van der Waals surface area contributed by atoms with Gasteiger partial charge in [0.2, 0.25) is 10.0 Å². The molecule has 4 N–H and O–H groups in total. The van der Waals surface area contributed by atoms with Crippen LogP contribution in [0.5, 0.6) is 0 Å². The highest BCUT2D eigenvalue weighted by molar-refractivity contribution is 7.89. The minimum Gasteiger partial charge on any atom is -0.480 e. The number of nitrogens with one attached hydrogen (secondary N) is 3. The smallest absolute Gasteiger partial charge is 0.410 e. The van der Waals surface area contributed by atoms with Crippen molar-refractivity contribution in [3.8, 4) is 0 Å². The molecule has 5 rings (SSSR count). The highest BCUT2D eigenvalue weighted by Gasteiger charge is 2.52. The molecule has 2 aliphatic heterocycles. The van der Waals surface area contributed by atoms with E-state index >= 15 is 0 Å². The maximum atomic E-state index is 13.3. The summed E-state index contributed by atoms with van der Waals surface area (Å²) >= 11 is 0. The maximum Gasteiger partial charge on any atom is 0.410 e. The van der Waals surface area contributed by atoms with E-state index in [0.29, 0.717) is 29.9 Å². The molecule has 254 valence electrons. The molecule has 0 aliphatic carbocycles. The molecule has 3 heterocycles. The number of aromatic nitrogens is 1. The molecular weight excluding hydrogens is 640 g/mol. The lowest BCUT2D eigenvalue weighted by atomic mass is 9.94. The summed E-state index contributed by atoms with van der Waals surface area (Å²) in [5, 5.41) is 19.5. The summed E-state index contributed by atoms with van der Waals surface area (Å²) in [5.74, 6) is -1.56. The van der Waals surface area contributed by atoms with Crippen LogP contribution >= 0.6 is 0 Å². The van der Waals surface area contributed by atoms with Crippen LogP contribution < -0.4 is 15.4 Å². The first-order valence-electron chi connectivity index (χ1n) is 15.3. The number of benzene rings is 2. The van der Waals surface area contributed by atoms with Gasteiger partial charge >= 0.3 is 12.1 Å². The standard InChI is InChI=1S/C33H38N6O8S/c1-21-13-22(2)29(23(3)14-21)48(44,45)38-27(31(41)42)18-36-30(40)26-16-33(47-37-26)15-25(17-35-28-11-7-8-12-34-28)39(20-33)32(43)46-19-24-9-5-4-6-10-24/h4-14,25,27,38H,15-20H2,1-3H3,(H,34,35)(H,36,40)(H,41,42). The minimum absolute atomic E-state index is 0.0110. The van der Waals surface area contributed by atoms with Gasteiger partial charge in [0, 0.05) is 32.1 Å². The van der Waals surface area contributed by atoms with Gasteiger partial charge in [0.15, 0.2) is 5.60 Å². The average molecular weight is 679 g/mol. The normalized spacial score (nSPS) is 19.4. The van der Waals surface area contributed by atoms with Crippen molar-refractivity contribution in [3.05, 3.63) is 89.1 Å². The summed E-state index contributed by atoms with van der Waals surface area (Å²) in [6.45, 7) is 5.04. The van der Waals surface area contributed by atoms with Gasteiger partial charge in [0.1, 0.15) is 24.2 Å². The second-order valence-corrected chi connectivity index (χ2v) is 13.7. The van der Waals surface area contributed by atoms with Crippen LogP contribution in [0.2, 0.25) is 0 Å². The molecule has 3 aromatic rings.